The van der Waals surface area contributed by atoms with E-state index in [4.69, 9.17) is 9.84 Å². The van der Waals surface area contributed by atoms with Gasteiger partial charge in [0.05, 0.1) is 6.10 Å². The van der Waals surface area contributed by atoms with Gasteiger partial charge in [0.15, 0.2) is 0 Å². The van der Waals surface area contributed by atoms with Gasteiger partial charge in [0.25, 0.3) is 0 Å². The lowest BCUT2D eigenvalue weighted by Gasteiger charge is -2.18. The van der Waals surface area contributed by atoms with Crippen molar-refractivity contribution in [3.63, 3.8) is 0 Å². The zero-order chi connectivity index (χ0) is 18.7. The number of hydrogen-bond donors (Lipinski definition) is 3. The number of carbonyl (C=O) groups excluding carboxylic acids is 1. The third-order valence-electron chi connectivity index (χ3n) is 4.51. The molecule has 0 aliphatic heterocycles. The maximum absolute atomic E-state index is 12.0. The van der Waals surface area contributed by atoms with Gasteiger partial charge in [0.2, 0.25) is 0 Å². The molecule has 1 aliphatic carbocycles. The molecular weight excluding hydrogens is 334 g/mol. The molecule has 6 heteroatoms. The van der Waals surface area contributed by atoms with Gasteiger partial charge in [0, 0.05) is 12.3 Å². The second kappa shape index (κ2) is 7.58. The molecule has 0 saturated carbocycles. The van der Waals surface area contributed by atoms with Crippen LogP contribution >= 0.6 is 0 Å². The quantitative estimate of drug-likeness (QED) is 0.740. The van der Waals surface area contributed by atoms with Crippen LogP contribution in [0, 0.1) is 0 Å². The zero-order valence-corrected chi connectivity index (χ0v) is 14.4. The Hall–Kier alpha value is -2.86. The summed E-state index contributed by atoms with van der Waals surface area (Å²) in [7, 11) is 0. The number of rotatable bonds is 6. The van der Waals surface area contributed by atoms with Crippen LogP contribution in [0.2, 0.25) is 0 Å². The summed E-state index contributed by atoms with van der Waals surface area (Å²) < 4.78 is 5.31. The second-order valence-corrected chi connectivity index (χ2v) is 6.45. The molecule has 0 radical (unpaired) electrons. The molecule has 0 heterocycles. The molecule has 0 saturated heterocycles. The van der Waals surface area contributed by atoms with E-state index in [1.165, 1.54) is 6.92 Å². The molecule has 26 heavy (non-hydrogen) atoms. The number of alkyl carbamates (subject to hydrolysis) is 1. The highest BCUT2D eigenvalue weighted by atomic mass is 16.5. The van der Waals surface area contributed by atoms with Crippen molar-refractivity contribution in [1.29, 1.82) is 0 Å². The third kappa shape index (κ3) is 3.70. The molecule has 2 aromatic rings. The summed E-state index contributed by atoms with van der Waals surface area (Å²) in [6, 6.07) is 14.7. The van der Waals surface area contributed by atoms with Gasteiger partial charge in [-0.15, -0.1) is 0 Å². The molecule has 0 spiro atoms. The number of carboxylic acid groups (broad SMARTS) is 1. The lowest BCUT2D eigenvalue weighted by Crippen LogP contribution is -2.43. The lowest BCUT2D eigenvalue weighted by molar-refractivity contribution is -0.140. The summed E-state index contributed by atoms with van der Waals surface area (Å²) in [6.07, 6.45) is -1.73. The molecule has 3 N–H and O–H groups in total. The van der Waals surface area contributed by atoms with Crippen molar-refractivity contribution in [2.75, 3.05) is 6.61 Å². The number of benzene rings is 2. The minimum atomic E-state index is -1.21. The first-order chi connectivity index (χ1) is 12.5. The number of aliphatic carboxylic acids is 1. The molecule has 1 aliphatic rings. The molecule has 1 amide bonds. The van der Waals surface area contributed by atoms with Gasteiger partial charge in [-0.3, -0.25) is 0 Å². The minimum Gasteiger partial charge on any atom is -0.480 e. The van der Waals surface area contributed by atoms with E-state index in [0.717, 1.165) is 22.3 Å². The van der Waals surface area contributed by atoms with Crippen LogP contribution in [0.4, 0.5) is 4.79 Å². The number of ether oxygens (including phenoxy) is 1. The molecule has 0 bridgehead atoms. The van der Waals surface area contributed by atoms with E-state index in [1.807, 2.05) is 48.5 Å². The Bertz CT molecular complexity index is 772. The van der Waals surface area contributed by atoms with Crippen molar-refractivity contribution in [3.8, 4) is 11.1 Å². The molecule has 2 atom stereocenters. The normalized spacial score (nSPS) is 14.8. The van der Waals surface area contributed by atoms with Crippen molar-refractivity contribution in [3.05, 3.63) is 59.7 Å². The van der Waals surface area contributed by atoms with E-state index in [0.29, 0.717) is 0 Å². The first-order valence-electron chi connectivity index (χ1n) is 8.49. The second-order valence-electron chi connectivity index (χ2n) is 6.45. The Kier molecular flexibility index (Phi) is 5.23. The first kappa shape index (κ1) is 17.9. The van der Waals surface area contributed by atoms with Crippen molar-refractivity contribution in [2.45, 2.75) is 31.4 Å². The summed E-state index contributed by atoms with van der Waals surface area (Å²) in [5, 5.41) is 20.8. The Balaban J connectivity index is 1.70. The molecule has 0 aromatic heterocycles. The summed E-state index contributed by atoms with van der Waals surface area (Å²) in [4.78, 5) is 23.2. The highest BCUT2D eigenvalue weighted by Crippen LogP contribution is 2.44. The molecule has 2 aromatic carbocycles. The number of fused-ring (bicyclic) bond motifs is 3. The van der Waals surface area contributed by atoms with Crippen LogP contribution < -0.4 is 5.32 Å². The van der Waals surface area contributed by atoms with E-state index >= 15 is 0 Å². The van der Waals surface area contributed by atoms with Gasteiger partial charge in [-0.1, -0.05) is 48.5 Å². The summed E-state index contributed by atoms with van der Waals surface area (Å²) >= 11 is 0. The van der Waals surface area contributed by atoms with Crippen LogP contribution in [0.5, 0.6) is 0 Å². The highest BCUT2D eigenvalue weighted by Gasteiger charge is 2.29. The average Bonchev–Trinajstić information content (AvgIpc) is 2.93. The number of aliphatic hydroxyl groups is 1. The Morgan fingerprint density at radius 2 is 1.62 bits per heavy atom. The molecule has 136 valence electrons. The monoisotopic (exact) mass is 355 g/mol. The van der Waals surface area contributed by atoms with Crippen LogP contribution in [0.3, 0.4) is 0 Å². The van der Waals surface area contributed by atoms with Crippen molar-refractivity contribution in [1.82, 2.24) is 5.32 Å². The first-order valence-corrected chi connectivity index (χ1v) is 8.49. The van der Waals surface area contributed by atoms with Crippen molar-refractivity contribution in [2.24, 2.45) is 0 Å². The standard InChI is InChI=1S/C20H21NO5/c1-12(22)10-18(19(23)24)21-20(25)26-11-17-15-8-4-2-6-13(15)14-7-3-5-9-16(14)17/h2-9,12,17-18,22H,10-11H2,1H3,(H,21,25)(H,23,24). The summed E-state index contributed by atoms with van der Waals surface area (Å²) in [6.45, 7) is 1.58. The molecule has 6 nitrogen and oxygen atoms in total. The fourth-order valence-corrected chi connectivity index (χ4v) is 3.34. The van der Waals surface area contributed by atoms with Gasteiger partial charge < -0.3 is 20.3 Å². The van der Waals surface area contributed by atoms with Crippen LogP contribution in [0.15, 0.2) is 48.5 Å². The molecule has 3 rings (SSSR count). The van der Waals surface area contributed by atoms with Crippen molar-refractivity contribution >= 4 is 12.1 Å². The molecule has 2 unspecified atom stereocenters. The SMILES string of the molecule is CC(O)CC(NC(=O)OCC1c2ccccc2-c2ccccc21)C(=O)O. The van der Waals surface area contributed by atoms with Crippen LogP contribution in [0.25, 0.3) is 11.1 Å². The Morgan fingerprint density at radius 1 is 1.08 bits per heavy atom. The topological polar surface area (TPSA) is 95.9 Å². The van der Waals surface area contributed by atoms with E-state index in [9.17, 15) is 14.7 Å². The number of nitrogens with one attached hydrogen (secondary N) is 1. The fraction of sp³-hybridized carbons (Fsp3) is 0.300. The third-order valence-corrected chi connectivity index (χ3v) is 4.51. The van der Waals surface area contributed by atoms with Crippen LogP contribution in [-0.4, -0.2) is 41.0 Å². The van der Waals surface area contributed by atoms with Crippen molar-refractivity contribution < 1.29 is 24.5 Å². The predicted molar refractivity (Wildman–Crippen MR) is 95.9 cm³/mol. The van der Waals surface area contributed by atoms with Gasteiger partial charge in [-0.05, 0) is 29.2 Å². The minimum absolute atomic E-state index is 0.0838. The largest absolute Gasteiger partial charge is 0.480 e. The average molecular weight is 355 g/mol. The number of carboxylic acids is 1. The summed E-state index contributed by atoms with van der Waals surface area (Å²) in [5.41, 5.74) is 4.41. The van der Waals surface area contributed by atoms with E-state index in [-0.39, 0.29) is 18.9 Å². The molecule has 0 fully saturated rings. The van der Waals surface area contributed by atoms with E-state index in [1.54, 1.807) is 0 Å². The Labute approximate surface area is 151 Å². The highest BCUT2D eigenvalue weighted by molar-refractivity contribution is 5.81. The number of hydrogen-bond acceptors (Lipinski definition) is 4. The van der Waals surface area contributed by atoms with Gasteiger partial charge in [0.1, 0.15) is 12.6 Å². The summed E-state index contributed by atoms with van der Waals surface area (Å²) in [5.74, 6) is -1.30. The maximum Gasteiger partial charge on any atom is 0.407 e. The van der Waals surface area contributed by atoms with Gasteiger partial charge in [-0.25, -0.2) is 9.59 Å². The van der Waals surface area contributed by atoms with E-state index < -0.39 is 24.2 Å². The van der Waals surface area contributed by atoms with Gasteiger partial charge in [-0.2, -0.15) is 0 Å². The van der Waals surface area contributed by atoms with E-state index in [2.05, 4.69) is 5.32 Å². The lowest BCUT2D eigenvalue weighted by atomic mass is 9.98. The number of aliphatic hydroxyl groups excluding tert-OH is 1. The Morgan fingerprint density at radius 3 is 2.12 bits per heavy atom. The molecular formula is C20H21NO5. The zero-order valence-electron chi connectivity index (χ0n) is 14.4. The number of amides is 1. The van der Waals surface area contributed by atoms with Crippen LogP contribution in [-0.2, 0) is 9.53 Å². The maximum atomic E-state index is 12.0. The fourth-order valence-electron chi connectivity index (χ4n) is 3.34. The smallest absolute Gasteiger partial charge is 0.407 e. The predicted octanol–water partition coefficient (Wildman–Crippen LogP) is 2.75. The van der Waals surface area contributed by atoms with Crippen LogP contribution in [0.1, 0.15) is 30.4 Å². The number of carbonyl (C=O) groups is 2. The van der Waals surface area contributed by atoms with Gasteiger partial charge >= 0.3 is 12.1 Å².